The van der Waals surface area contributed by atoms with Crippen molar-refractivity contribution in [2.24, 2.45) is 15.9 Å². The van der Waals surface area contributed by atoms with Crippen LogP contribution >= 0.6 is 27.7 Å². The molecule has 0 bridgehead atoms. The molecular weight excluding hydrogens is 381 g/mol. The zero-order valence-electron chi connectivity index (χ0n) is 12.4. The van der Waals surface area contributed by atoms with Gasteiger partial charge in [0, 0.05) is 11.3 Å². The van der Waals surface area contributed by atoms with Crippen molar-refractivity contribution in [1.29, 1.82) is 0 Å². The van der Waals surface area contributed by atoms with E-state index in [2.05, 4.69) is 26.1 Å². The summed E-state index contributed by atoms with van der Waals surface area (Å²) in [6.45, 7) is 0. The van der Waals surface area contributed by atoms with Crippen LogP contribution in [0.15, 0.2) is 57.1 Å². The predicted molar refractivity (Wildman–Crippen MR) is 97.6 cm³/mol. The number of halogens is 2. The lowest BCUT2D eigenvalue weighted by Crippen LogP contribution is -2.06. The third-order valence-electron chi connectivity index (χ3n) is 2.86. The van der Waals surface area contributed by atoms with Crippen molar-refractivity contribution in [1.82, 2.24) is 0 Å². The summed E-state index contributed by atoms with van der Waals surface area (Å²) >= 11 is 4.49. The Morgan fingerprint density at radius 1 is 1.35 bits per heavy atom. The summed E-state index contributed by atoms with van der Waals surface area (Å²) in [6, 6.07) is 12.8. The molecular formula is C16H15BrFN3OS. The molecule has 0 unspecified atom stereocenters. The standard InChI is InChI=1S/C16H15BrFN3OS/c1-22-15-8-13(17)14(18)7-12(15)9-20-21-16(19)23-10-11-5-3-2-4-6-11/h2-9H,10H2,1H3,(H2,19,21). The van der Waals surface area contributed by atoms with Crippen LogP contribution in [0.4, 0.5) is 4.39 Å². The van der Waals surface area contributed by atoms with Gasteiger partial charge in [0.25, 0.3) is 0 Å². The maximum atomic E-state index is 13.6. The number of amidine groups is 1. The molecule has 4 nitrogen and oxygen atoms in total. The van der Waals surface area contributed by atoms with Crippen molar-refractivity contribution in [3.63, 3.8) is 0 Å². The van der Waals surface area contributed by atoms with Crippen LogP contribution in [0.5, 0.6) is 5.75 Å². The number of ether oxygens (including phenoxy) is 1. The van der Waals surface area contributed by atoms with Crippen LogP contribution < -0.4 is 10.5 Å². The molecule has 2 aromatic rings. The van der Waals surface area contributed by atoms with Gasteiger partial charge in [-0.25, -0.2) is 4.39 Å². The smallest absolute Gasteiger partial charge is 0.180 e. The van der Waals surface area contributed by atoms with Crippen LogP contribution in [0.25, 0.3) is 0 Å². The molecule has 2 N–H and O–H groups in total. The molecule has 0 saturated carbocycles. The van der Waals surface area contributed by atoms with E-state index in [1.807, 2.05) is 30.3 Å². The Labute approximate surface area is 146 Å². The van der Waals surface area contributed by atoms with E-state index in [1.165, 1.54) is 37.2 Å². The first kappa shape index (κ1) is 17.5. The Morgan fingerprint density at radius 3 is 2.78 bits per heavy atom. The summed E-state index contributed by atoms with van der Waals surface area (Å²) in [5.74, 6) is 0.803. The summed E-state index contributed by atoms with van der Waals surface area (Å²) in [7, 11) is 1.50. The Hall–Kier alpha value is -1.86. The summed E-state index contributed by atoms with van der Waals surface area (Å²) in [4.78, 5) is 0. The quantitative estimate of drug-likeness (QED) is 0.469. The van der Waals surface area contributed by atoms with Crippen LogP contribution in [-0.2, 0) is 5.75 Å². The van der Waals surface area contributed by atoms with Crippen molar-refractivity contribution >= 4 is 39.1 Å². The van der Waals surface area contributed by atoms with Crippen LogP contribution in [0.2, 0.25) is 0 Å². The van der Waals surface area contributed by atoms with Gasteiger partial charge < -0.3 is 10.5 Å². The SMILES string of the molecule is COc1cc(Br)c(F)cc1C=NN=C(N)SCc1ccccc1. The Bertz CT molecular complexity index is 723. The van der Waals surface area contributed by atoms with E-state index in [0.29, 0.717) is 26.7 Å². The second-order valence-corrected chi connectivity index (χ2v) is 6.32. The lowest BCUT2D eigenvalue weighted by molar-refractivity contribution is 0.412. The second-order valence-electron chi connectivity index (χ2n) is 4.47. The van der Waals surface area contributed by atoms with Crippen molar-refractivity contribution in [3.8, 4) is 5.75 Å². The summed E-state index contributed by atoms with van der Waals surface area (Å²) < 4.78 is 19.1. The van der Waals surface area contributed by atoms with Crippen molar-refractivity contribution in [2.75, 3.05) is 7.11 Å². The van der Waals surface area contributed by atoms with E-state index in [1.54, 1.807) is 0 Å². The number of hydrogen-bond acceptors (Lipinski definition) is 4. The van der Waals surface area contributed by atoms with E-state index in [4.69, 9.17) is 10.5 Å². The van der Waals surface area contributed by atoms with Crippen LogP contribution in [0, 0.1) is 5.82 Å². The Morgan fingerprint density at radius 2 is 2.09 bits per heavy atom. The number of methoxy groups -OCH3 is 1. The zero-order valence-corrected chi connectivity index (χ0v) is 14.8. The molecule has 0 radical (unpaired) electrons. The molecule has 0 aliphatic rings. The Kier molecular flexibility index (Phi) is 6.61. The minimum absolute atomic E-state index is 0.327. The number of hydrogen-bond donors (Lipinski definition) is 1. The van der Waals surface area contributed by atoms with Gasteiger partial charge in [-0.15, -0.1) is 5.10 Å². The monoisotopic (exact) mass is 395 g/mol. The van der Waals surface area contributed by atoms with Crippen LogP contribution in [-0.4, -0.2) is 18.5 Å². The van der Waals surface area contributed by atoms with Gasteiger partial charge in [0.05, 0.1) is 17.8 Å². The lowest BCUT2D eigenvalue weighted by Gasteiger charge is -2.05. The minimum atomic E-state index is -0.400. The molecule has 0 spiro atoms. The molecule has 7 heteroatoms. The summed E-state index contributed by atoms with van der Waals surface area (Å²) in [5, 5.41) is 8.12. The maximum absolute atomic E-state index is 13.6. The molecule has 0 aliphatic heterocycles. The predicted octanol–water partition coefficient (Wildman–Crippen LogP) is 4.18. The van der Waals surface area contributed by atoms with Crippen molar-refractivity contribution in [2.45, 2.75) is 5.75 Å². The molecule has 0 aliphatic carbocycles. The highest BCUT2D eigenvalue weighted by Crippen LogP contribution is 2.25. The number of benzene rings is 2. The molecule has 120 valence electrons. The third kappa shape index (κ3) is 5.37. The average Bonchev–Trinajstić information content (AvgIpc) is 2.57. The van der Waals surface area contributed by atoms with Crippen molar-refractivity contribution in [3.05, 3.63) is 63.9 Å². The van der Waals surface area contributed by atoms with Gasteiger partial charge in [0.1, 0.15) is 11.6 Å². The van der Waals surface area contributed by atoms with Gasteiger partial charge in [-0.05, 0) is 33.6 Å². The molecule has 0 fully saturated rings. The largest absolute Gasteiger partial charge is 0.496 e. The number of rotatable bonds is 5. The molecule has 0 amide bonds. The molecule has 0 aromatic heterocycles. The third-order valence-corrected chi connectivity index (χ3v) is 4.32. The molecule has 23 heavy (non-hydrogen) atoms. The molecule has 0 heterocycles. The van der Waals surface area contributed by atoms with Gasteiger partial charge >= 0.3 is 0 Å². The first-order chi connectivity index (χ1) is 11.1. The first-order valence-corrected chi connectivity index (χ1v) is 8.44. The average molecular weight is 396 g/mol. The molecule has 2 aromatic carbocycles. The number of nitrogens with zero attached hydrogens (tertiary/aromatic N) is 2. The first-order valence-electron chi connectivity index (χ1n) is 6.66. The van der Waals surface area contributed by atoms with E-state index in [9.17, 15) is 4.39 Å². The number of thioether (sulfide) groups is 1. The second kappa shape index (κ2) is 8.69. The fourth-order valence-electron chi connectivity index (χ4n) is 1.73. The molecule has 0 atom stereocenters. The van der Waals surface area contributed by atoms with Gasteiger partial charge in [0.2, 0.25) is 0 Å². The van der Waals surface area contributed by atoms with E-state index < -0.39 is 5.82 Å². The fraction of sp³-hybridized carbons (Fsp3) is 0.125. The van der Waals surface area contributed by atoms with E-state index in [0.717, 1.165) is 5.56 Å². The zero-order chi connectivity index (χ0) is 16.7. The van der Waals surface area contributed by atoms with Gasteiger partial charge in [-0.3, -0.25) is 0 Å². The minimum Gasteiger partial charge on any atom is -0.496 e. The van der Waals surface area contributed by atoms with Gasteiger partial charge in [-0.2, -0.15) is 5.10 Å². The normalized spacial score (nSPS) is 11.9. The lowest BCUT2D eigenvalue weighted by atomic mass is 10.2. The Balaban J connectivity index is 2.01. The van der Waals surface area contributed by atoms with E-state index >= 15 is 0 Å². The highest BCUT2D eigenvalue weighted by Gasteiger charge is 2.07. The van der Waals surface area contributed by atoms with Crippen LogP contribution in [0.3, 0.4) is 0 Å². The fourth-order valence-corrected chi connectivity index (χ4v) is 2.66. The summed E-state index contributed by atoms with van der Waals surface area (Å²) in [5.41, 5.74) is 7.43. The van der Waals surface area contributed by atoms with Crippen LogP contribution in [0.1, 0.15) is 11.1 Å². The van der Waals surface area contributed by atoms with Gasteiger partial charge in [0.15, 0.2) is 5.17 Å². The maximum Gasteiger partial charge on any atom is 0.180 e. The summed E-state index contributed by atoms with van der Waals surface area (Å²) in [6.07, 6.45) is 1.41. The highest BCUT2D eigenvalue weighted by molar-refractivity contribution is 9.10. The highest BCUT2D eigenvalue weighted by atomic mass is 79.9. The molecule has 2 rings (SSSR count). The molecule has 0 saturated heterocycles. The van der Waals surface area contributed by atoms with Crippen molar-refractivity contribution < 1.29 is 9.13 Å². The number of nitrogens with two attached hydrogens (primary N) is 1. The topological polar surface area (TPSA) is 60.0 Å². The van der Waals surface area contributed by atoms with Gasteiger partial charge in [-0.1, -0.05) is 42.1 Å². The van der Waals surface area contributed by atoms with E-state index in [-0.39, 0.29) is 0 Å².